The maximum Gasteiger partial charge on any atom is 0.338 e. The molecule has 0 radical (unpaired) electrons. The fourth-order valence-electron chi connectivity index (χ4n) is 1.78. The smallest absolute Gasteiger partial charge is 0.338 e. The number of anilines is 1. The van der Waals surface area contributed by atoms with Gasteiger partial charge >= 0.3 is 5.97 Å². The molecule has 0 heterocycles. The normalized spacial score (nSPS) is 11.5. The number of nitrogens with zero attached hydrogens (tertiary/aromatic N) is 3. The van der Waals surface area contributed by atoms with Gasteiger partial charge in [-0.2, -0.15) is 5.26 Å². The molecule has 1 aromatic carbocycles. The molecule has 0 aliphatic heterocycles. The predicted octanol–water partition coefficient (Wildman–Crippen LogP) is 2.54. The Bertz CT molecular complexity index is 597. The number of hydrogen-bond acceptors (Lipinski definition) is 5. The topological polar surface area (TPSA) is 107 Å². The molecule has 1 unspecified atom stereocenters. The molecule has 0 aliphatic rings. The second-order valence-electron chi connectivity index (χ2n) is 4.30. The molecule has 0 saturated heterocycles. The van der Waals surface area contributed by atoms with Crippen molar-refractivity contribution >= 4 is 28.9 Å². The molecular formula is C12H12ClN3O4. The second-order valence-corrected chi connectivity index (χ2v) is 4.70. The molecule has 0 fully saturated rings. The van der Waals surface area contributed by atoms with E-state index < -0.39 is 16.6 Å². The van der Waals surface area contributed by atoms with Crippen molar-refractivity contribution in [2.24, 2.45) is 5.92 Å². The Hall–Kier alpha value is -2.33. The third-order valence-electron chi connectivity index (χ3n) is 2.64. The van der Waals surface area contributed by atoms with Crippen molar-refractivity contribution < 1.29 is 14.8 Å². The van der Waals surface area contributed by atoms with Gasteiger partial charge in [0.1, 0.15) is 0 Å². The summed E-state index contributed by atoms with van der Waals surface area (Å²) in [6, 6.07) is 4.07. The van der Waals surface area contributed by atoms with Crippen LogP contribution in [0.1, 0.15) is 17.3 Å². The molecule has 0 spiro atoms. The van der Waals surface area contributed by atoms with Crippen LogP contribution in [0.25, 0.3) is 0 Å². The number of hydrogen-bond donors (Lipinski definition) is 1. The standard InChI is InChI=1S/C12H12ClN3O4/c1-7(5-14)6-15(2)11-9(12(17)18)3-8(16(19)20)4-10(11)13/h3-4,7H,6H2,1-2H3,(H,17,18). The van der Waals surface area contributed by atoms with Crippen LogP contribution in [0.4, 0.5) is 11.4 Å². The number of carboxylic acid groups (broad SMARTS) is 1. The first-order chi connectivity index (χ1) is 9.27. The van der Waals surface area contributed by atoms with Crippen LogP contribution in [0, 0.1) is 27.4 Å². The van der Waals surface area contributed by atoms with Gasteiger partial charge in [0, 0.05) is 25.7 Å². The summed E-state index contributed by atoms with van der Waals surface area (Å²) in [7, 11) is 1.58. The van der Waals surface area contributed by atoms with E-state index in [0.717, 1.165) is 12.1 Å². The van der Waals surface area contributed by atoms with E-state index in [0.29, 0.717) is 0 Å². The monoisotopic (exact) mass is 297 g/mol. The van der Waals surface area contributed by atoms with E-state index >= 15 is 0 Å². The Labute approximate surface area is 120 Å². The first kappa shape index (κ1) is 15.7. The summed E-state index contributed by atoms with van der Waals surface area (Å²) >= 11 is 5.95. The Morgan fingerprint density at radius 2 is 2.25 bits per heavy atom. The van der Waals surface area contributed by atoms with Crippen LogP contribution < -0.4 is 4.90 Å². The second kappa shape index (κ2) is 6.21. The third-order valence-corrected chi connectivity index (χ3v) is 2.93. The predicted molar refractivity (Wildman–Crippen MR) is 73.1 cm³/mol. The van der Waals surface area contributed by atoms with Crippen molar-refractivity contribution in [1.82, 2.24) is 0 Å². The molecular weight excluding hydrogens is 286 g/mol. The van der Waals surface area contributed by atoms with Crippen LogP contribution in [0.5, 0.6) is 0 Å². The lowest BCUT2D eigenvalue weighted by molar-refractivity contribution is -0.384. The molecule has 0 bridgehead atoms. The molecule has 0 amide bonds. The van der Waals surface area contributed by atoms with E-state index in [2.05, 4.69) is 0 Å². The largest absolute Gasteiger partial charge is 0.478 e. The number of rotatable bonds is 5. The minimum Gasteiger partial charge on any atom is -0.478 e. The first-order valence-corrected chi connectivity index (χ1v) is 5.97. The highest BCUT2D eigenvalue weighted by Gasteiger charge is 2.23. The van der Waals surface area contributed by atoms with Gasteiger partial charge < -0.3 is 10.0 Å². The zero-order chi connectivity index (χ0) is 15.4. The van der Waals surface area contributed by atoms with Crippen molar-refractivity contribution in [2.45, 2.75) is 6.92 Å². The molecule has 8 heteroatoms. The molecule has 20 heavy (non-hydrogen) atoms. The number of benzene rings is 1. The van der Waals surface area contributed by atoms with Gasteiger partial charge in [0.2, 0.25) is 0 Å². The summed E-state index contributed by atoms with van der Waals surface area (Å²) in [5.41, 5.74) is -0.499. The Morgan fingerprint density at radius 3 is 2.70 bits per heavy atom. The lowest BCUT2D eigenvalue weighted by Crippen LogP contribution is -2.25. The average Bonchev–Trinajstić information content (AvgIpc) is 2.36. The van der Waals surface area contributed by atoms with Gasteiger partial charge in [0.05, 0.1) is 33.2 Å². The Balaban J connectivity index is 3.35. The fraction of sp³-hybridized carbons (Fsp3) is 0.333. The van der Waals surface area contributed by atoms with Crippen LogP contribution in [-0.2, 0) is 0 Å². The van der Waals surface area contributed by atoms with Crippen molar-refractivity contribution in [3.8, 4) is 6.07 Å². The van der Waals surface area contributed by atoms with E-state index in [1.807, 2.05) is 6.07 Å². The summed E-state index contributed by atoms with van der Waals surface area (Å²) in [6.07, 6.45) is 0. The minimum atomic E-state index is -1.32. The number of carboxylic acids is 1. The molecule has 0 saturated carbocycles. The van der Waals surface area contributed by atoms with Gasteiger partial charge in [-0.3, -0.25) is 10.1 Å². The van der Waals surface area contributed by atoms with E-state index in [-0.39, 0.29) is 28.7 Å². The summed E-state index contributed by atoms with van der Waals surface area (Å²) in [6.45, 7) is 1.94. The Morgan fingerprint density at radius 1 is 1.65 bits per heavy atom. The third kappa shape index (κ3) is 3.36. The molecule has 0 aliphatic carbocycles. The van der Waals surface area contributed by atoms with Crippen molar-refractivity contribution in [3.05, 3.63) is 32.8 Å². The lowest BCUT2D eigenvalue weighted by atomic mass is 10.1. The molecule has 1 rings (SSSR count). The van der Waals surface area contributed by atoms with Crippen LogP contribution in [-0.4, -0.2) is 29.6 Å². The first-order valence-electron chi connectivity index (χ1n) is 5.60. The number of nitriles is 1. The number of aromatic carboxylic acids is 1. The fourth-order valence-corrected chi connectivity index (χ4v) is 2.14. The highest BCUT2D eigenvalue weighted by Crippen LogP contribution is 2.34. The maximum absolute atomic E-state index is 11.2. The van der Waals surface area contributed by atoms with Gasteiger partial charge in [-0.1, -0.05) is 11.6 Å². The number of nitro groups is 1. The zero-order valence-electron chi connectivity index (χ0n) is 10.8. The van der Waals surface area contributed by atoms with Crippen LogP contribution >= 0.6 is 11.6 Å². The van der Waals surface area contributed by atoms with Gasteiger partial charge in [-0.25, -0.2) is 4.79 Å². The molecule has 0 aromatic heterocycles. The van der Waals surface area contributed by atoms with E-state index in [1.165, 1.54) is 4.90 Å². The molecule has 1 N–H and O–H groups in total. The number of halogens is 1. The van der Waals surface area contributed by atoms with Crippen LogP contribution in [0.2, 0.25) is 5.02 Å². The van der Waals surface area contributed by atoms with E-state index in [9.17, 15) is 14.9 Å². The molecule has 7 nitrogen and oxygen atoms in total. The summed E-state index contributed by atoms with van der Waals surface area (Å²) in [5.74, 6) is -1.66. The van der Waals surface area contributed by atoms with Gasteiger partial charge in [-0.05, 0) is 6.92 Å². The minimum absolute atomic E-state index is 0.0377. The Kier molecular flexibility index (Phi) is 4.88. The van der Waals surface area contributed by atoms with Crippen molar-refractivity contribution in [3.63, 3.8) is 0 Å². The van der Waals surface area contributed by atoms with E-state index in [4.69, 9.17) is 22.0 Å². The van der Waals surface area contributed by atoms with Gasteiger partial charge in [0.15, 0.2) is 0 Å². The number of non-ortho nitro benzene ring substituents is 1. The lowest BCUT2D eigenvalue weighted by Gasteiger charge is -2.23. The van der Waals surface area contributed by atoms with Crippen LogP contribution in [0.3, 0.4) is 0 Å². The quantitative estimate of drug-likeness (QED) is 0.661. The molecule has 1 aromatic rings. The SMILES string of the molecule is CC(C#N)CN(C)c1c(Cl)cc([N+](=O)[O-])cc1C(=O)O. The number of nitro benzene ring substituents is 1. The highest BCUT2D eigenvalue weighted by molar-refractivity contribution is 6.34. The summed E-state index contributed by atoms with van der Waals surface area (Å²) in [5, 5.41) is 28.6. The van der Waals surface area contributed by atoms with Crippen molar-refractivity contribution in [2.75, 3.05) is 18.5 Å². The number of carbonyl (C=O) groups is 1. The maximum atomic E-state index is 11.2. The van der Waals surface area contributed by atoms with Gasteiger partial charge in [0.25, 0.3) is 5.69 Å². The van der Waals surface area contributed by atoms with Crippen molar-refractivity contribution in [1.29, 1.82) is 5.26 Å². The summed E-state index contributed by atoms with van der Waals surface area (Å²) in [4.78, 5) is 22.8. The molecule has 106 valence electrons. The van der Waals surface area contributed by atoms with E-state index in [1.54, 1.807) is 14.0 Å². The van der Waals surface area contributed by atoms with Crippen LogP contribution in [0.15, 0.2) is 12.1 Å². The zero-order valence-corrected chi connectivity index (χ0v) is 11.6. The average molecular weight is 298 g/mol. The highest BCUT2D eigenvalue weighted by atomic mass is 35.5. The summed E-state index contributed by atoms with van der Waals surface area (Å²) < 4.78 is 0. The van der Waals surface area contributed by atoms with Gasteiger partial charge in [-0.15, -0.1) is 0 Å². The molecule has 1 atom stereocenters.